The maximum atomic E-state index is 13.1. The minimum Gasteiger partial charge on any atom is -0.466 e. The van der Waals surface area contributed by atoms with E-state index in [2.05, 4.69) is 55.6 Å². The van der Waals surface area contributed by atoms with Gasteiger partial charge in [0, 0.05) is 12.8 Å². The Bertz CT molecular complexity index is 1480. The largest absolute Gasteiger partial charge is 0.466 e. The van der Waals surface area contributed by atoms with Crippen molar-refractivity contribution in [2.75, 3.05) is 19.8 Å². The Kier molecular flexibility index (Phi) is 56.2. The molecule has 474 valence electrons. The Balaban J connectivity index is 2.05. The van der Waals surface area contributed by atoms with E-state index >= 15 is 0 Å². The zero-order valence-corrected chi connectivity index (χ0v) is 52.5. The van der Waals surface area contributed by atoms with Crippen molar-refractivity contribution in [1.82, 2.24) is 5.32 Å². The Labute approximate surface area is 497 Å². The monoisotopic (exact) mass is 1140 g/mol. The second-order valence-electron chi connectivity index (χ2n) is 23.9. The molecule has 1 saturated heterocycles. The fourth-order valence-corrected chi connectivity index (χ4v) is 10.7. The summed E-state index contributed by atoms with van der Waals surface area (Å²) in [4.78, 5) is 25.1. The third-order valence-electron chi connectivity index (χ3n) is 16.2. The maximum absolute atomic E-state index is 13.1. The molecule has 0 aromatic rings. The average Bonchev–Trinajstić information content (AvgIpc) is 3.50. The molecule has 0 radical (unpaired) electrons. The van der Waals surface area contributed by atoms with E-state index in [0.717, 1.165) is 70.6 Å². The van der Waals surface area contributed by atoms with Gasteiger partial charge in [0.25, 0.3) is 0 Å². The number of esters is 1. The molecule has 11 heteroatoms. The van der Waals surface area contributed by atoms with Crippen LogP contribution in [-0.2, 0) is 23.8 Å². The van der Waals surface area contributed by atoms with Gasteiger partial charge in [-0.25, -0.2) is 0 Å². The highest BCUT2D eigenvalue weighted by Crippen LogP contribution is 2.23. The number of ether oxygens (including phenoxy) is 3. The van der Waals surface area contributed by atoms with Crippen LogP contribution in [0.1, 0.15) is 322 Å². The van der Waals surface area contributed by atoms with Crippen molar-refractivity contribution in [3.8, 4) is 0 Å². The van der Waals surface area contributed by atoms with Crippen LogP contribution < -0.4 is 5.32 Å². The minimum atomic E-state index is -1.58. The molecular weight excluding hydrogens is 1010 g/mol. The Morgan fingerprint density at radius 2 is 0.840 bits per heavy atom. The van der Waals surface area contributed by atoms with Crippen LogP contribution in [0.15, 0.2) is 48.6 Å². The molecule has 0 bridgehead atoms. The van der Waals surface area contributed by atoms with Gasteiger partial charge in [0.05, 0.1) is 32.0 Å². The summed E-state index contributed by atoms with van der Waals surface area (Å²) in [5, 5.41) is 54.5. The molecule has 1 fully saturated rings. The Morgan fingerprint density at radius 1 is 0.457 bits per heavy atom. The molecule has 0 spiro atoms. The summed E-state index contributed by atoms with van der Waals surface area (Å²) >= 11 is 0. The standard InChI is InChI=1S/C70H129NO10/c1-3-5-7-9-11-13-15-16-30-33-37-40-44-48-52-56-63(73)62(61-80-70-69(78)68(77)67(76)64(60-72)81-70)71-65(74)57-53-49-45-41-38-34-31-28-26-24-22-20-18-17-19-21-23-25-27-29-32-35-39-43-47-51-55-59-79-66(75)58-54-50-46-42-36-14-12-10-8-6-4-2/h17-18,21,23,37,40,52,56,62-64,67-70,72-73,76-78H,3-16,19-20,22,24-36,38-39,41-51,53-55,57-61H2,1-2H3,(H,71,74)/b18-17-,23-21-,40-37+,56-52+. The minimum absolute atomic E-state index is 0.000426. The molecule has 1 amide bonds. The number of unbranched alkanes of at least 4 members (excludes halogenated alkanes) is 40. The lowest BCUT2D eigenvalue weighted by atomic mass is 9.99. The number of nitrogens with one attached hydrogen (secondary N) is 1. The van der Waals surface area contributed by atoms with Gasteiger partial charge >= 0.3 is 5.97 Å². The molecule has 1 heterocycles. The number of carbonyl (C=O) groups is 2. The van der Waals surface area contributed by atoms with Crippen LogP contribution in [0, 0.1) is 0 Å². The first-order valence-electron chi connectivity index (χ1n) is 34.4. The van der Waals surface area contributed by atoms with Gasteiger partial charge in [-0.3, -0.25) is 9.59 Å². The fourth-order valence-electron chi connectivity index (χ4n) is 10.7. The molecule has 11 nitrogen and oxygen atoms in total. The lowest BCUT2D eigenvalue weighted by Gasteiger charge is -2.40. The van der Waals surface area contributed by atoms with Crippen molar-refractivity contribution in [3.05, 3.63) is 48.6 Å². The highest BCUT2D eigenvalue weighted by molar-refractivity contribution is 5.76. The summed E-state index contributed by atoms with van der Waals surface area (Å²) in [5.41, 5.74) is 0. The summed E-state index contributed by atoms with van der Waals surface area (Å²) in [6, 6.07) is -0.831. The molecule has 1 aliphatic heterocycles. The number of amides is 1. The van der Waals surface area contributed by atoms with E-state index in [4.69, 9.17) is 14.2 Å². The number of allylic oxidation sites excluding steroid dienone is 7. The molecule has 7 atom stereocenters. The van der Waals surface area contributed by atoms with E-state index in [-0.39, 0.29) is 18.5 Å². The second-order valence-corrected chi connectivity index (χ2v) is 23.9. The normalized spacial score (nSPS) is 18.5. The third-order valence-corrected chi connectivity index (χ3v) is 16.2. The number of carbonyl (C=O) groups excluding carboxylic acids is 2. The summed E-state index contributed by atoms with van der Waals surface area (Å²) in [6.07, 6.45) is 66.5. The number of aliphatic hydroxyl groups is 5. The first-order valence-corrected chi connectivity index (χ1v) is 34.4. The highest BCUT2D eigenvalue weighted by atomic mass is 16.7. The van der Waals surface area contributed by atoms with Gasteiger partial charge in [0.1, 0.15) is 24.4 Å². The quantitative estimate of drug-likeness (QED) is 0.0195. The molecular formula is C70H129NO10. The topological polar surface area (TPSA) is 175 Å². The van der Waals surface area contributed by atoms with Crippen LogP contribution in [0.25, 0.3) is 0 Å². The summed E-state index contributed by atoms with van der Waals surface area (Å²) in [7, 11) is 0. The first kappa shape index (κ1) is 76.6. The molecule has 7 unspecified atom stereocenters. The van der Waals surface area contributed by atoms with Crippen molar-refractivity contribution >= 4 is 11.9 Å². The Hall–Kier alpha value is -2.38. The van der Waals surface area contributed by atoms with E-state index in [1.54, 1.807) is 6.08 Å². The van der Waals surface area contributed by atoms with Gasteiger partial charge in [-0.15, -0.1) is 0 Å². The van der Waals surface area contributed by atoms with E-state index in [9.17, 15) is 35.1 Å². The molecule has 1 aliphatic rings. The fraction of sp³-hybridized carbons (Fsp3) is 0.857. The lowest BCUT2D eigenvalue weighted by Crippen LogP contribution is -2.60. The first-order chi connectivity index (χ1) is 39.7. The number of rotatable bonds is 60. The van der Waals surface area contributed by atoms with Crippen LogP contribution in [0.4, 0.5) is 0 Å². The van der Waals surface area contributed by atoms with Gasteiger partial charge in [-0.2, -0.15) is 0 Å². The van der Waals surface area contributed by atoms with Crippen LogP contribution >= 0.6 is 0 Å². The Morgan fingerprint density at radius 3 is 1.30 bits per heavy atom. The molecule has 0 aromatic heterocycles. The highest BCUT2D eigenvalue weighted by Gasteiger charge is 2.44. The molecule has 0 aromatic carbocycles. The summed E-state index contributed by atoms with van der Waals surface area (Å²) in [5.74, 6) is -0.193. The van der Waals surface area contributed by atoms with E-state index in [1.165, 1.54) is 225 Å². The van der Waals surface area contributed by atoms with Crippen molar-refractivity contribution in [3.63, 3.8) is 0 Å². The summed E-state index contributed by atoms with van der Waals surface area (Å²) in [6.45, 7) is 4.34. The number of aliphatic hydroxyl groups excluding tert-OH is 5. The van der Waals surface area contributed by atoms with Crippen molar-refractivity contribution < 1.29 is 49.3 Å². The van der Waals surface area contributed by atoms with Gasteiger partial charge in [0.15, 0.2) is 6.29 Å². The van der Waals surface area contributed by atoms with E-state index in [1.807, 2.05) is 6.08 Å². The number of hydrogen-bond donors (Lipinski definition) is 6. The predicted octanol–water partition coefficient (Wildman–Crippen LogP) is 17.2. The zero-order valence-electron chi connectivity index (χ0n) is 52.5. The average molecular weight is 1140 g/mol. The van der Waals surface area contributed by atoms with Crippen molar-refractivity contribution in [2.45, 2.75) is 365 Å². The molecule has 0 saturated carbocycles. The number of hydrogen-bond acceptors (Lipinski definition) is 10. The van der Waals surface area contributed by atoms with E-state index < -0.39 is 49.5 Å². The van der Waals surface area contributed by atoms with Crippen LogP contribution in [0.2, 0.25) is 0 Å². The SMILES string of the molecule is CCCCCCCCCCC/C=C/CC/C=C/C(O)C(COC1OC(CO)C(O)C(O)C1O)NC(=O)CCCCCCCCCCCCC/C=C\C/C=C\CCCCCCCCCCCOC(=O)CCCCCCCCCCCCC. The molecule has 81 heavy (non-hydrogen) atoms. The molecule has 0 aliphatic carbocycles. The predicted molar refractivity (Wildman–Crippen MR) is 338 cm³/mol. The van der Waals surface area contributed by atoms with E-state index in [0.29, 0.717) is 19.4 Å². The molecule has 6 N–H and O–H groups in total. The van der Waals surface area contributed by atoms with Gasteiger partial charge in [0.2, 0.25) is 5.91 Å². The lowest BCUT2D eigenvalue weighted by molar-refractivity contribution is -0.302. The zero-order chi connectivity index (χ0) is 58.7. The third kappa shape index (κ3) is 48.5. The van der Waals surface area contributed by atoms with Gasteiger partial charge < -0.3 is 45.1 Å². The van der Waals surface area contributed by atoms with Crippen molar-refractivity contribution in [2.24, 2.45) is 0 Å². The van der Waals surface area contributed by atoms with Crippen LogP contribution in [0.5, 0.6) is 0 Å². The van der Waals surface area contributed by atoms with Gasteiger partial charge in [-0.05, 0) is 77.0 Å². The van der Waals surface area contributed by atoms with Crippen LogP contribution in [-0.4, -0.2) is 100 Å². The summed E-state index contributed by atoms with van der Waals surface area (Å²) < 4.78 is 16.7. The molecule has 1 rings (SSSR count). The smallest absolute Gasteiger partial charge is 0.305 e. The van der Waals surface area contributed by atoms with Crippen molar-refractivity contribution in [1.29, 1.82) is 0 Å². The van der Waals surface area contributed by atoms with Gasteiger partial charge in [-0.1, -0.05) is 281 Å². The maximum Gasteiger partial charge on any atom is 0.305 e. The van der Waals surface area contributed by atoms with Crippen LogP contribution in [0.3, 0.4) is 0 Å². The second kappa shape index (κ2) is 59.4.